The van der Waals surface area contributed by atoms with Crippen LogP contribution in [0.3, 0.4) is 0 Å². The first-order valence-corrected chi connectivity index (χ1v) is 7.13. The maximum atomic E-state index is 8.59. The predicted octanol–water partition coefficient (Wildman–Crippen LogP) is 4.01. The van der Waals surface area contributed by atoms with Crippen LogP contribution in [0.5, 0.6) is 0 Å². The van der Waals surface area contributed by atoms with Gasteiger partial charge in [-0.1, -0.05) is 6.92 Å². The Kier molecular flexibility index (Phi) is 5.28. The van der Waals surface area contributed by atoms with Gasteiger partial charge in [-0.2, -0.15) is 10.5 Å². The summed E-state index contributed by atoms with van der Waals surface area (Å²) >= 11 is 5.60. The average Bonchev–Trinajstić information content (AvgIpc) is 2.50. The molecule has 0 amide bonds. The van der Waals surface area contributed by atoms with Crippen LogP contribution in [0.1, 0.15) is 6.92 Å². The van der Waals surface area contributed by atoms with Gasteiger partial charge in [0, 0.05) is 16.7 Å². The van der Waals surface area contributed by atoms with E-state index >= 15 is 0 Å². The summed E-state index contributed by atoms with van der Waals surface area (Å²) in [6, 6.07) is 1.91. The van der Waals surface area contributed by atoms with E-state index in [1.165, 1.54) is 0 Å². The zero-order chi connectivity index (χ0) is 10.4. The molecule has 1 aromatic rings. The standard InChI is InChI=1S/C8H6N2S4/c1-2-11-8-6(12-4-9)3-7(14-8)13-5-10/h3H,2H2,1H3. The zero-order valence-electron chi connectivity index (χ0n) is 7.31. The van der Waals surface area contributed by atoms with E-state index in [0.717, 1.165) is 42.6 Å². The lowest BCUT2D eigenvalue weighted by Crippen LogP contribution is -1.67. The molecule has 0 unspecified atom stereocenters. The second-order valence-corrected chi connectivity index (χ2v) is 6.53. The fourth-order valence-electron chi connectivity index (χ4n) is 0.784. The first-order chi connectivity index (χ1) is 6.81. The van der Waals surface area contributed by atoms with Crippen LogP contribution in [0.4, 0.5) is 0 Å². The first kappa shape index (κ1) is 11.8. The number of thiocyanates is 2. The van der Waals surface area contributed by atoms with Gasteiger partial charge in [-0.25, -0.2) is 0 Å². The van der Waals surface area contributed by atoms with Gasteiger partial charge >= 0.3 is 0 Å². The average molecular weight is 258 g/mol. The molecule has 72 valence electrons. The van der Waals surface area contributed by atoms with Gasteiger partial charge in [0.2, 0.25) is 0 Å². The fourth-order valence-corrected chi connectivity index (χ4v) is 4.64. The fraction of sp³-hybridized carbons (Fsp3) is 0.250. The van der Waals surface area contributed by atoms with Crippen molar-refractivity contribution in [2.24, 2.45) is 0 Å². The van der Waals surface area contributed by atoms with Crippen molar-refractivity contribution in [3.8, 4) is 10.8 Å². The Hall–Kier alpha value is -0.270. The molecule has 1 heterocycles. The number of thioether (sulfide) groups is 3. The molecule has 0 atom stereocenters. The predicted molar refractivity (Wildman–Crippen MR) is 63.7 cm³/mol. The Morgan fingerprint density at radius 1 is 1.36 bits per heavy atom. The summed E-state index contributed by atoms with van der Waals surface area (Å²) in [7, 11) is 0. The number of hydrogen-bond acceptors (Lipinski definition) is 6. The summed E-state index contributed by atoms with van der Waals surface area (Å²) in [4.78, 5) is 0.974. The van der Waals surface area contributed by atoms with E-state index in [1.54, 1.807) is 23.1 Å². The molecule has 0 N–H and O–H groups in total. The quantitative estimate of drug-likeness (QED) is 0.603. The molecule has 0 fully saturated rings. The van der Waals surface area contributed by atoms with Gasteiger partial charge in [0.15, 0.2) is 0 Å². The molecular weight excluding hydrogens is 252 g/mol. The summed E-state index contributed by atoms with van der Waals surface area (Å²) in [5.74, 6) is 0.982. The molecule has 0 aliphatic heterocycles. The maximum absolute atomic E-state index is 8.59. The van der Waals surface area contributed by atoms with Crippen LogP contribution >= 0.6 is 46.6 Å². The van der Waals surface area contributed by atoms with Crippen LogP contribution in [0.25, 0.3) is 0 Å². The third-order valence-electron chi connectivity index (χ3n) is 1.22. The van der Waals surface area contributed by atoms with Gasteiger partial charge in [-0.15, -0.1) is 23.1 Å². The third kappa shape index (κ3) is 3.14. The molecule has 0 saturated carbocycles. The molecule has 2 nitrogen and oxygen atoms in total. The molecule has 0 aliphatic rings. The molecule has 1 aromatic heterocycles. The normalized spacial score (nSPS) is 9.36. The van der Waals surface area contributed by atoms with Crippen molar-refractivity contribution in [2.75, 3.05) is 5.75 Å². The summed E-state index contributed by atoms with van der Waals surface area (Å²) in [5, 5.41) is 21.2. The van der Waals surface area contributed by atoms with Gasteiger partial charge in [-0.3, -0.25) is 0 Å². The van der Waals surface area contributed by atoms with Crippen LogP contribution in [-0.4, -0.2) is 5.75 Å². The van der Waals surface area contributed by atoms with E-state index in [1.807, 2.05) is 11.5 Å². The molecule has 1 rings (SSSR count). The van der Waals surface area contributed by atoms with Crippen molar-refractivity contribution < 1.29 is 0 Å². The number of thiophene rings is 1. The summed E-state index contributed by atoms with van der Waals surface area (Å²) in [6.07, 6.45) is 0. The molecule has 0 radical (unpaired) electrons. The van der Waals surface area contributed by atoms with Gasteiger partial charge in [0.25, 0.3) is 0 Å². The Labute approximate surface area is 99.7 Å². The lowest BCUT2D eigenvalue weighted by molar-refractivity contribution is 1.37. The van der Waals surface area contributed by atoms with Crippen LogP contribution in [0.2, 0.25) is 0 Å². The maximum Gasteiger partial charge on any atom is 0.139 e. The molecule has 0 aliphatic carbocycles. The lowest BCUT2D eigenvalue weighted by atomic mass is 10.7. The topological polar surface area (TPSA) is 47.6 Å². The minimum absolute atomic E-state index is 0.959. The van der Waals surface area contributed by atoms with Crippen LogP contribution in [0, 0.1) is 21.3 Å². The molecule has 0 bridgehead atoms. The number of rotatable bonds is 4. The minimum atomic E-state index is 0.959. The largest absolute Gasteiger partial charge is 0.185 e. The van der Waals surface area contributed by atoms with Gasteiger partial charge < -0.3 is 0 Å². The molecule has 14 heavy (non-hydrogen) atoms. The van der Waals surface area contributed by atoms with E-state index in [4.69, 9.17) is 10.5 Å². The lowest BCUT2D eigenvalue weighted by Gasteiger charge is -1.93. The van der Waals surface area contributed by atoms with E-state index in [0.29, 0.717) is 0 Å². The minimum Gasteiger partial charge on any atom is -0.185 e. The molecule has 0 saturated heterocycles. The van der Waals surface area contributed by atoms with E-state index in [9.17, 15) is 0 Å². The van der Waals surface area contributed by atoms with Crippen LogP contribution in [0.15, 0.2) is 19.4 Å². The summed E-state index contributed by atoms with van der Waals surface area (Å²) < 4.78 is 2.10. The monoisotopic (exact) mass is 258 g/mol. The molecule has 6 heteroatoms. The highest BCUT2D eigenvalue weighted by Crippen LogP contribution is 2.41. The van der Waals surface area contributed by atoms with Gasteiger partial charge in [0.05, 0.1) is 8.42 Å². The Bertz CT molecular complexity index is 385. The van der Waals surface area contributed by atoms with Gasteiger partial charge in [-0.05, 0) is 23.6 Å². The number of nitriles is 2. The van der Waals surface area contributed by atoms with E-state index in [-0.39, 0.29) is 0 Å². The van der Waals surface area contributed by atoms with Crippen molar-refractivity contribution in [2.45, 2.75) is 20.2 Å². The zero-order valence-corrected chi connectivity index (χ0v) is 10.6. The van der Waals surface area contributed by atoms with E-state index in [2.05, 4.69) is 12.3 Å². The second-order valence-electron chi connectivity index (χ2n) is 2.04. The van der Waals surface area contributed by atoms with Crippen LogP contribution < -0.4 is 0 Å². The highest BCUT2D eigenvalue weighted by Gasteiger charge is 2.09. The Morgan fingerprint density at radius 3 is 2.64 bits per heavy atom. The second kappa shape index (κ2) is 6.26. The molecule has 0 aromatic carbocycles. The number of hydrogen-bond donors (Lipinski definition) is 0. The summed E-state index contributed by atoms with van der Waals surface area (Å²) in [6.45, 7) is 2.07. The number of nitrogens with zero attached hydrogens (tertiary/aromatic N) is 2. The third-order valence-corrected chi connectivity index (χ3v) is 5.12. The van der Waals surface area contributed by atoms with Crippen molar-refractivity contribution in [1.29, 1.82) is 10.5 Å². The smallest absolute Gasteiger partial charge is 0.139 e. The van der Waals surface area contributed by atoms with Crippen molar-refractivity contribution in [3.63, 3.8) is 0 Å². The first-order valence-electron chi connectivity index (χ1n) is 3.70. The Balaban J connectivity index is 2.89. The van der Waals surface area contributed by atoms with Crippen molar-refractivity contribution in [3.05, 3.63) is 6.07 Å². The summed E-state index contributed by atoms with van der Waals surface area (Å²) in [5.41, 5.74) is 0. The highest BCUT2D eigenvalue weighted by atomic mass is 32.2. The van der Waals surface area contributed by atoms with Crippen molar-refractivity contribution in [1.82, 2.24) is 0 Å². The Morgan fingerprint density at radius 2 is 2.07 bits per heavy atom. The molecule has 0 spiro atoms. The van der Waals surface area contributed by atoms with Crippen molar-refractivity contribution >= 4 is 46.6 Å². The van der Waals surface area contributed by atoms with Gasteiger partial charge in [0.1, 0.15) is 10.8 Å². The molecular formula is C8H6N2S4. The highest BCUT2D eigenvalue weighted by molar-refractivity contribution is 8.07. The SMILES string of the molecule is CCSc1sc(SC#N)cc1SC#N. The van der Waals surface area contributed by atoms with Crippen LogP contribution in [-0.2, 0) is 0 Å². The van der Waals surface area contributed by atoms with E-state index < -0.39 is 0 Å².